The van der Waals surface area contributed by atoms with Gasteiger partial charge < -0.3 is 13.3 Å². The van der Waals surface area contributed by atoms with Gasteiger partial charge in [-0.25, -0.2) is 0 Å². The maximum atomic E-state index is 5.41. The van der Waals surface area contributed by atoms with Gasteiger partial charge in [-0.1, -0.05) is 40.2 Å². The van der Waals surface area contributed by atoms with Crippen molar-refractivity contribution in [2.45, 2.75) is 6.42 Å². The van der Waals surface area contributed by atoms with Crippen LogP contribution in [0.3, 0.4) is 0 Å². The van der Waals surface area contributed by atoms with Crippen molar-refractivity contribution in [1.82, 2.24) is 0 Å². The van der Waals surface area contributed by atoms with Crippen LogP contribution in [0.15, 0.2) is 24.3 Å². The van der Waals surface area contributed by atoms with Crippen molar-refractivity contribution in [3.05, 3.63) is 29.8 Å². The van der Waals surface area contributed by atoms with E-state index in [0.717, 1.165) is 16.9 Å². The van der Waals surface area contributed by atoms with Crippen LogP contribution < -0.4 is 5.19 Å². The van der Waals surface area contributed by atoms with Crippen molar-refractivity contribution in [1.29, 1.82) is 0 Å². The van der Waals surface area contributed by atoms with E-state index in [1.807, 2.05) is 12.1 Å². The molecule has 0 atom stereocenters. The van der Waals surface area contributed by atoms with Gasteiger partial charge in [-0.15, -0.1) is 0 Å². The zero-order valence-corrected chi connectivity index (χ0v) is 12.4. The zero-order chi connectivity index (χ0) is 12.0. The molecule has 0 heterocycles. The molecule has 0 unspecified atom stereocenters. The molecule has 90 valence electrons. The molecule has 0 aliphatic carbocycles. The average molecular weight is 305 g/mol. The summed E-state index contributed by atoms with van der Waals surface area (Å²) >= 11 is 3.42. The smallest absolute Gasteiger partial charge is 0.373 e. The van der Waals surface area contributed by atoms with E-state index in [1.165, 1.54) is 5.56 Å². The number of halogens is 1. The van der Waals surface area contributed by atoms with Crippen LogP contribution >= 0.6 is 15.9 Å². The van der Waals surface area contributed by atoms with Gasteiger partial charge in [0.2, 0.25) is 0 Å². The second-order valence-corrected chi connectivity index (χ2v) is 7.01. The highest BCUT2D eigenvalue weighted by atomic mass is 79.9. The fraction of sp³-hybridized carbons (Fsp3) is 0.455. The fourth-order valence-corrected chi connectivity index (χ4v) is 3.83. The van der Waals surface area contributed by atoms with Gasteiger partial charge in [0, 0.05) is 31.8 Å². The van der Waals surface area contributed by atoms with Crippen LogP contribution in [0.4, 0.5) is 0 Å². The van der Waals surface area contributed by atoms with Crippen LogP contribution in [0.5, 0.6) is 0 Å². The Morgan fingerprint density at radius 3 is 1.88 bits per heavy atom. The summed E-state index contributed by atoms with van der Waals surface area (Å²) < 4.78 is 16.2. The van der Waals surface area contributed by atoms with Gasteiger partial charge in [-0.3, -0.25) is 0 Å². The minimum absolute atomic E-state index is 0.966. The Labute approximate surface area is 106 Å². The first-order chi connectivity index (χ1) is 7.72. The molecule has 0 saturated heterocycles. The van der Waals surface area contributed by atoms with Crippen LogP contribution in [-0.2, 0) is 19.7 Å². The Hall–Kier alpha value is -0.203. The zero-order valence-electron chi connectivity index (χ0n) is 9.83. The second kappa shape index (κ2) is 6.51. The minimum Gasteiger partial charge on any atom is -0.373 e. The standard InChI is InChI=1S/C11H17BrO3Si/c1-13-16(14-2,15-3)11-6-4-10(5-7-11)8-9-12/h4-7H,8-9H2,1-3H3. The normalized spacial score (nSPS) is 11.8. The van der Waals surface area contributed by atoms with Crippen molar-refractivity contribution in [2.75, 3.05) is 26.7 Å². The van der Waals surface area contributed by atoms with Crippen LogP contribution in [0.25, 0.3) is 0 Å². The Morgan fingerprint density at radius 1 is 1.00 bits per heavy atom. The molecule has 0 aliphatic rings. The van der Waals surface area contributed by atoms with Gasteiger partial charge in [0.1, 0.15) is 0 Å². The van der Waals surface area contributed by atoms with E-state index in [-0.39, 0.29) is 0 Å². The first-order valence-electron chi connectivity index (χ1n) is 5.03. The van der Waals surface area contributed by atoms with E-state index < -0.39 is 8.80 Å². The summed E-state index contributed by atoms with van der Waals surface area (Å²) in [5, 5.41) is 1.95. The van der Waals surface area contributed by atoms with Crippen LogP contribution in [0.1, 0.15) is 5.56 Å². The fourth-order valence-electron chi connectivity index (χ4n) is 1.59. The monoisotopic (exact) mass is 304 g/mol. The van der Waals surface area contributed by atoms with Gasteiger partial charge in [0.15, 0.2) is 0 Å². The Bertz CT molecular complexity index is 303. The summed E-state index contributed by atoms with van der Waals surface area (Å²) in [6, 6.07) is 8.19. The number of hydrogen-bond donors (Lipinski definition) is 0. The van der Waals surface area contributed by atoms with E-state index in [1.54, 1.807) is 21.3 Å². The van der Waals surface area contributed by atoms with Crippen LogP contribution in [0.2, 0.25) is 0 Å². The summed E-state index contributed by atoms with van der Waals surface area (Å²) in [6.07, 6.45) is 1.02. The third-order valence-electron chi connectivity index (χ3n) is 2.50. The van der Waals surface area contributed by atoms with Crippen molar-refractivity contribution in [2.24, 2.45) is 0 Å². The van der Waals surface area contributed by atoms with Crippen LogP contribution in [-0.4, -0.2) is 35.5 Å². The van der Waals surface area contributed by atoms with Crippen molar-refractivity contribution in [3.8, 4) is 0 Å². The molecule has 0 bridgehead atoms. The topological polar surface area (TPSA) is 27.7 Å². The van der Waals surface area contributed by atoms with E-state index in [2.05, 4.69) is 28.1 Å². The quantitative estimate of drug-likeness (QED) is 0.591. The first-order valence-corrected chi connectivity index (χ1v) is 7.88. The van der Waals surface area contributed by atoms with Crippen molar-refractivity contribution in [3.63, 3.8) is 0 Å². The second-order valence-electron chi connectivity index (χ2n) is 3.30. The first kappa shape index (κ1) is 13.9. The van der Waals surface area contributed by atoms with Gasteiger partial charge in [0.25, 0.3) is 0 Å². The minimum atomic E-state index is -2.65. The van der Waals surface area contributed by atoms with Crippen molar-refractivity contribution < 1.29 is 13.3 Å². The lowest BCUT2D eigenvalue weighted by Crippen LogP contribution is -2.54. The molecule has 0 aromatic heterocycles. The molecular formula is C11H17BrO3Si. The molecule has 0 N–H and O–H groups in total. The molecule has 0 saturated carbocycles. The molecule has 5 heteroatoms. The van der Waals surface area contributed by atoms with E-state index in [0.29, 0.717) is 0 Å². The lowest BCUT2D eigenvalue weighted by Gasteiger charge is -2.24. The molecule has 0 aliphatic heterocycles. The molecule has 1 rings (SSSR count). The highest BCUT2D eigenvalue weighted by Crippen LogP contribution is 2.09. The Morgan fingerprint density at radius 2 is 1.50 bits per heavy atom. The molecule has 0 amide bonds. The predicted molar refractivity (Wildman–Crippen MR) is 70.4 cm³/mol. The van der Waals surface area contributed by atoms with E-state index in [9.17, 15) is 0 Å². The summed E-state index contributed by atoms with van der Waals surface area (Å²) in [4.78, 5) is 0. The third-order valence-corrected chi connectivity index (χ3v) is 5.55. The Kier molecular flexibility index (Phi) is 5.64. The number of rotatable bonds is 6. The summed E-state index contributed by atoms with van der Waals surface area (Å²) in [6.45, 7) is 0. The summed E-state index contributed by atoms with van der Waals surface area (Å²) in [7, 11) is 2.20. The number of benzene rings is 1. The lowest BCUT2D eigenvalue weighted by molar-refractivity contribution is 0.140. The van der Waals surface area contributed by atoms with Crippen LogP contribution in [0, 0.1) is 0 Å². The SMILES string of the molecule is CO[Si](OC)(OC)c1ccc(CCBr)cc1. The van der Waals surface area contributed by atoms with Gasteiger partial charge in [0.05, 0.1) is 0 Å². The van der Waals surface area contributed by atoms with E-state index >= 15 is 0 Å². The highest BCUT2D eigenvalue weighted by molar-refractivity contribution is 9.09. The molecule has 0 fully saturated rings. The maximum absolute atomic E-state index is 5.41. The van der Waals surface area contributed by atoms with E-state index in [4.69, 9.17) is 13.3 Å². The third kappa shape index (κ3) is 2.92. The molecule has 1 aromatic rings. The van der Waals surface area contributed by atoms with Gasteiger partial charge in [-0.2, -0.15) is 0 Å². The molecule has 0 radical (unpaired) electrons. The number of alkyl halides is 1. The molecule has 0 spiro atoms. The predicted octanol–water partition coefficient (Wildman–Crippen LogP) is 1.71. The molecule has 3 nitrogen and oxygen atoms in total. The largest absolute Gasteiger partial charge is 0.536 e. The van der Waals surface area contributed by atoms with Gasteiger partial charge >= 0.3 is 8.80 Å². The average Bonchev–Trinajstić information content (AvgIpc) is 2.34. The van der Waals surface area contributed by atoms with Gasteiger partial charge in [-0.05, 0) is 12.0 Å². The highest BCUT2D eigenvalue weighted by Gasteiger charge is 2.40. The number of aryl methyl sites for hydroxylation is 1. The van der Waals surface area contributed by atoms with Crippen molar-refractivity contribution >= 4 is 29.9 Å². The Balaban J connectivity index is 2.94. The maximum Gasteiger partial charge on any atom is 0.536 e. The molecular weight excluding hydrogens is 288 g/mol. The molecule has 1 aromatic carbocycles. The summed E-state index contributed by atoms with van der Waals surface area (Å²) in [5.74, 6) is 0. The summed E-state index contributed by atoms with van der Waals surface area (Å²) in [5.41, 5.74) is 1.28. The number of hydrogen-bond acceptors (Lipinski definition) is 3. The lowest BCUT2D eigenvalue weighted by atomic mass is 10.2. The molecule has 16 heavy (non-hydrogen) atoms.